The molecule has 1 atom stereocenters. The van der Waals surface area contributed by atoms with Gasteiger partial charge in [-0.2, -0.15) is 0 Å². The van der Waals surface area contributed by atoms with Crippen LogP contribution in [0.1, 0.15) is 11.6 Å². The minimum Gasteiger partial charge on any atom is -0.269 e. The Hall–Kier alpha value is -2.18. The van der Waals surface area contributed by atoms with Crippen molar-refractivity contribution in [3.8, 4) is 10.6 Å². The summed E-state index contributed by atoms with van der Waals surface area (Å²) in [7, 11) is 0. The summed E-state index contributed by atoms with van der Waals surface area (Å²) in [5.74, 6) is 0.739. The first-order valence-electron chi connectivity index (χ1n) is 7.23. The van der Waals surface area contributed by atoms with Crippen molar-refractivity contribution in [3.63, 3.8) is 0 Å². The number of anilines is 1. The van der Waals surface area contributed by atoms with Crippen LogP contribution in [0.2, 0.25) is 0 Å². The van der Waals surface area contributed by atoms with Gasteiger partial charge in [-0.1, -0.05) is 83.8 Å². The molecular formula is C17H13N3OS2. The minimum atomic E-state index is 0.0188. The lowest BCUT2D eigenvalue weighted by atomic mass is 10.1. The van der Waals surface area contributed by atoms with E-state index in [2.05, 4.69) is 22.3 Å². The van der Waals surface area contributed by atoms with Crippen LogP contribution in [0, 0.1) is 0 Å². The molecule has 3 aromatic rings. The topological polar surface area (TPSA) is 46.1 Å². The van der Waals surface area contributed by atoms with E-state index in [0.29, 0.717) is 5.13 Å². The molecule has 0 N–H and O–H groups in total. The lowest BCUT2D eigenvalue weighted by molar-refractivity contribution is 0.265. The van der Waals surface area contributed by atoms with Gasteiger partial charge >= 0.3 is 0 Å². The van der Waals surface area contributed by atoms with E-state index >= 15 is 0 Å². The van der Waals surface area contributed by atoms with Crippen LogP contribution in [0.3, 0.4) is 0 Å². The maximum absolute atomic E-state index is 12.3. The molecule has 1 fully saturated rings. The van der Waals surface area contributed by atoms with E-state index in [1.54, 1.807) is 4.90 Å². The van der Waals surface area contributed by atoms with Crippen molar-refractivity contribution in [3.05, 3.63) is 66.2 Å². The molecule has 1 aromatic heterocycles. The summed E-state index contributed by atoms with van der Waals surface area (Å²) in [4.78, 5) is 14.1. The summed E-state index contributed by atoms with van der Waals surface area (Å²) in [5, 5.41) is 10.0. The van der Waals surface area contributed by atoms with Crippen molar-refractivity contribution in [1.82, 2.24) is 10.2 Å². The summed E-state index contributed by atoms with van der Waals surface area (Å²) >= 11 is 2.79. The second-order valence-electron chi connectivity index (χ2n) is 5.13. The fourth-order valence-corrected chi connectivity index (χ4v) is 4.51. The van der Waals surface area contributed by atoms with Gasteiger partial charge in [0.1, 0.15) is 5.01 Å². The van der Waals surface area contributed by atoms with Crippen molar-refractivity contribution < 1.29 is 4.79 Å². The Labute approximate surface area is 142 Å². The third kappa shape index (κ3) is 2.75. The number of hydrogen-bond donors (Lipinski definition) is 0. The first kappa shape index (κ1) is 14.4. The molecule has 1 amide bonds. The highest BCUT2D eigenvalue weighted by Gasteiger charge is 2.36. The monoisotopic (exact) mass is 339 g/mol. The maximum atomic E-state index is 12.3. The molecular weight excluding hydrogens is 326 g/mol. The molecule has 0 saturated carbocycles. The number of nitrogens with zero attached hydrogens (tertiary/aromatic N) is 3. The van der Waals surface area contributed by atoms with Crippen molar-refractivity contribution in [2.75, 3.05) is 10.7 Å². The summed E-state index contributed by atoms with van der Waals surface area (Å²) < 4.78 is 0. The zero-order valence-electron chi connectivity index (χ0n) is 12.1. The largest absolute Gasteiger partial charge is 0.288 e. The normalized spacial score (nSPS) is 17.7. The molecule has 4 rings (SSSR count). The molecule has 1 unspecified atom stereocenters. The van der Waals surface area contributed by atoms with Crippen molar-refractivity contribution in [2.24, 2.45) is 0 Å². The van der Waals surface area contributed by atoms with Crippen LogP contribution in [0.15, 0.2) is 60.7 Å². The van der Waals surface area contributed by atoms with Crippen LogP contribution in [0.5, 0.6) is 0 Å². The number of thioether (sulfide) groups is 1. The zero-order chi connectivity index (χ0) is 15.6. The van der Waals surface area contributed by atoms with Crippen molar-refractivity contribution >= 4 is 33.5 Å². The van der Waals surface area contributed by atoms with Gasteiger partial charge in [0.15, 0.2) is 0 Å². The summed E-state index contributed by atoms with van der Waals surface area (Å²) in [5.41, 5.74) is 2.15. The summed E-state index contributed by atoms with van der Waals surface area (Å²) in [6.07, 6.45) is 0. The number of hydrogen-bond acceptors (Lipinski definition) is 5. The van der Waals surface area contributed by atoms with Crippen LogP contribution in [-0.2, 0) is 0 Å². The molecule has 2 heterocycles. The smallest absolute Gasteiger partial charge is 0.269 e. The van der Waals surface area contributed by atoms with Crippen LogP contribution in [0.4, 0.5) is 9.93 Å². The van der Waals surface area contributed by atoms with Gasteiger partial charge in [0.2, 0.25) is 5.13 Å². The first-order chi connectivity index (χ1) is 11.3. The Morgan fingerprint density at radius 3 is 2.39 bits per heavy atom. The van der Waals surface area contributed by atoms with Gasteiger partial charge in [-0.05, 0) is 5.56 Å². The molecule has 6 heteroatoms. The highest BCUT2D eigenvalue weighted by molar-refractivity contribution is 8.14. The molecule has 0 aliphatic carbocycles. The molecule has 0 radical (unpaired) electrons. The minimum absolute atomic E-state index is 0.0188. The Morgan fingerprint density at radius 2 is 1.65 bits per heavy atom. The molecule has 114 valence electrons. The van der Waals surface area contributed by atoms with Crippen LogP contribution < -0.4 is 4.90 Å². The highest BCUT2D eigenvalue weighted by Crippen LogP contribution is 2.41. The summed E-state index contributed by atoms with van der Waals surface area (Å²) in [6.45, 7) is 0. The van der Waals surface area contributed by atoms with E-state index in [9.17, 15) is 4.79 Å². The first-order valence-corrected chi connectivity index (χ1v) is 9.03. The average Bonchev–Trinajstić information content (AvgIpc) is 3.23. The second-order valence-corrected chi connectivity index (χ2v) is 7.06. The Kier molecular flexibility index (Phi) is 3.85. The molecule has 23 heavy (non-hydrogen) atoms. The third-order valence-electron chi connectivity index (χ3n) is 3.70. The predicted octanol–water partition coefficient (Wildman–Crippen LogP) is 4.62. The van der Waals surface area contributed by atoms with E-state index < -0.39 is 0 Å². The number of aromatic nitrogens is 2. The number of carbonyl (C=O) groups is 1. The fraction of sp³-hybridized carbons (Fsp3) is 0.118. The molecule has 1 aliphatic heterocycles. The zero-order valence-corrected chi connectivity index (χ0v) is 13.8. The van der Waals surface area contributed by atoms with E-state index in [0.717, 1.165) is 21.9 Å². The van der Waals surface area contributed by atoms with Crippen LogP contribution >= 0.6 is 23.1 Å². The number of amides is 1. The molecule has 2 aromatic carbocycles. The van der Waals surface area contributed by atoms with Crippen molar-refractivity contribution in [1.29, 1.82) is 0 Å². The van der Waals surface area contributed by atoms with Crippen molar-refractivity contribution in [2.45, 2.75) is 6.04 Å². The van der Waals surface area contributed by atoms with E-state index in [1.807, 2.05) is 48.5 Å². The Morgan fingerprint density at radius 1 is 0.957 bits per heavy atom. The molecule has 0 bridgehead atoms. The lowest BCUT2D eigenvalue weighted by Crippen LogP contribution is -2.26. The van der Waals surface area contributed by atoms with Crippen LogP contribution in [-0.4, -0.2) is 21.2 Å². The van der Waals surface area contributed by atoms with Gasteiger partial charge in [0, 0.05) is 11.3 Å². The second kappa shape index (κ2) is 6.14. The van der Waals surface area contributed by atoms with Gasteiger partial charge in [-0.3, -0.25) is 9.69 Å². The highest BCUT2D eigenvalue weighted by atomic mass is 32.2. The van der Waals surface area contributed by atoms with Crippen LogP contribution in [0.25, 0.3) is 10.6 Å². The molecule has 1 aliphatic rings. The van der Waals surface area contributed by atoms with E-state index in [-0.39, 0.29) is 11.3 Å². The van der Waals surface area contributed by atoms with Gasteiger partial charge in [0.25, 0.3) is 5.24 Å². The number of rotatable bonds is 3. The Bertz CT molecular complexity index is 820. The third-order valence-corrected chi connectivity index (χ3v) is 5.60. The molecule has 0 spiro atoms. The van der Waals surface area contributed by atoms with Gasteiger partial charge < -0.3 is 0 Å². The SMILES string of the molecule is O=C1SCC(c2ccccc2)N1c1nnc(-c2ccccc2)s1. The van der Waals surface area contributed by atoms with Gasteiger partial charge in [-0.25, -0.2) is 0 Å². The Balaban J connectivity index is 1.68. The quantitative estimate of drug-likeness (QED) is 0.698. The summed E-state index contributed by atoms with van der Waals surface area (Å²) in [6, 6.07) is 20.0. The van der Waals surface area contributed by atoms with E-state index in [4.69, 9.17) is 0 Å². The molecule has 4 nitrogen and oxygen atoms in total. The lowest BCUT2D eigenvalue weighted by Gasteiger charge is -2.20. The fourth-order valence-electron chi connectivity index (χ4n) is 2.56. The average molecular weight is 339 g/mol. The number of benzene rings is 2. The van der Waals surface area contributed by atoms with Gasteiger partial charge in [0.05, 0.1) is 6.04 Å². The van der Waals surface area contributed by atoms with Gasteiger partial charge in [-0.15, -0.1) is 10.2 Å². The molecule has 1 saturated heterocycles. The van der Waals surface area contributed by atoms with E-state index in [1.165, 1.54) is 23.1 Å². The predicted molar refractivity (Wildman–Crippen MR) is 94.9 cm³/mol. The maximum Gasteiger partial charge on any atom is 0.288 e. The number of carbonyl (C=O) groups excluding carboxylic acids is 1. The standard InChI is InChI=1S/C17H13N3OS2/c21-17-20(14(11-22-17)12-7-3-1-4-8-12)16-19-18-15(23-16)13-9-5-2-6-10-13/h1-10,14H,11H2.